The van der Waals surface area contributed by atoms with Crippen LogP contribution in [0.5, 0.6) is 0 Å². The first-order chi connectivity index (χ1) is 18.2. The van der Waals surface area contributed by atoms with E-state index in [1.807, 2.05) is 31.2 Å². The molecule has 2 aromatic carbocycles. The SMILES string of the molecule is CCc1cccc(-c2c(F)cccc2C(O)(CCCNC(=O)O)C2CCCN(C(=O)CNC(=O)CN)C2)c1. The quantitative estimate of drug-likeness (QED) is 0.284. The molecule has 1 saturated heterocycles. The first-order valence-electron chi connectivity index (χ1n) is 13.0. The van der Waals surface area contributed by atoms with E-state index in [0.29, 0.717) is 42.5 Å². The second kappa shape index (κ2) is 13.3. The zero-order valence-corrected chi connectivity index (χ0v) is 21.7. The maximum atomic E-state index is 15.5. The van der Waals surface area contributed by atoms with E-state index in [-0.39, 0.29) is 38.5 Å². The Morgan fingerprint density at radius 2 is 1.95 bits per heavy atom. The predicted octanol–water partition coefficient (Wildman–Crippen LogP) is 2.60. The number of likely N-dealkylation sites (tertiary alicyclic amines) is 1. The van der Waals surface area contributed by atoms with E-state index in [1.54, 1.807) is 17.0 Å². The average Bonchev–Trinajstić information content (AvgIpc) is 2.93. The number of nitrogens with zero attached hydrogens (tertiary/aromatic N) is 1. The van der Waals surface area contributed by atoms with Gasteiger partial charge < -0.3 is 31.5 Å². The lowest BCUT2D eigenvalue weighted by Crippen LogP contribution is -2.51. The number of nitrogens with one attached hydrogen (secondary N) is 2. The number of hydrogen-bond donors (Lipinski definition) is 5. The lowest BCUT2D eigenvalue weighted by Gasteiger charge is -2.43. The third kappa shape index (κ3) is 7.08. The number of benzene rings is 2. The maximum absolute atomic E-state index is 15.5. The molecule has 3 amide bonds. The van der Waals surface area contributed by atoms with E-state index in [9.17, 15) is 19.5 Å². The van der Waals surface area contributed by atoms with Crippen molar-refractivity contribution in [2.75, 3.05) is 32.7 Å². The monoisotopic (exact) mass is 528 g/mol. The Hall–Kier alpha value is -3.50. The van der Waals surface area contributed by atoms with Crippen LogP contribution in [0, 0.1) is 11.7 Å². The third-order valence-corrected chi connectivity index (χ3v) is 7.19. The number of carboxylic acid groups (broad SMARTS) is 1. The first kappa shape index (κ1) is 29.1. The number of carbonyl (C=O) groups is 3. The molecule has 6 N–H and O–H groups in total. The number of aliphatic hydroxyl groups is 1. The van der Waals surface area contributed by atoms with Crippen molar-refractivity contribution in [3.05, 3.63) is 59.4 Å². The second-order valence-electron chi connectivity index (χ2n) is 9.64. The molecule has 2 unspecified atom stereocenters. The number of hydrogen-bond acceptors (Lipinski definition) is 5. The van der Waals surface area contributed by atoms with E-state index in [2.05, 4.69) is 10.6 Å². The molecule has 1 fully saturated rings. The molecule has 2 aromatic rings. The number of amides is 3. The summed E-state index contributed by atoms with van der Waals surface area (Å²) in [4.78, 5) is 36.9. The van der Waals surface area contributed by atoms with Gasteiger partial charge in [0.2, 0.25) is 11.8 Å². The molecule has 2 atom stereocenters. The van der Waals surface area contributed by atoms with Crippen molar-refractivity contribution in [2.45, 2.75) is 44.6 Å². The first-order valence-corrected chi connectivity index (χ1v) is 13.0. The molecular weight excluding hydrogens is 491 g/mol. The number of halogens is 1. The van der Waals surface area contributed by atoms with Crippen molar-refractivity contribution < 1.29 is 29.0 Å². The van der Waals surface area contributed by atoms with Crippen LogP contribution in [-0.4, -0.2) is 65.7 Å². The van der Waals surface area contributed by atoms with Crippen molar-refractivity contribution in [3.63, 3.8) is 0 Å². The molecule has 1 heterocycles. The van der Waals surface area contributed by atoms with Gasteiger partial charge in [-0.15, -0.1) is 0 Å². The maximum Gasteiger partial charge on any atom is 0.404 e. The molecule has 9 nitrogen and oxygen atoms in total. The summed E-state index contributed by atoms with van der Waals surface area (Å²) in [6.07, 6.45) is 1.28. The van der Waals surface area contributed by atoms with Gasteiger partial charge in [0, 0.05) is 31.1 Å². The summed E-state index contributed by atoms with van der Waals surface area (Å²) < 4.78 is 15.5. The van der Waals surface area contributed by atoms with Gasteiger partial charge in [0.15, 0.2) is 0 Å². The Bertz CT molecular complexity index is 1140. The number of piperidine rings is 1. The Balaban J connectivity index is 1.99. The van der Waals surface area contributed by atoms with Gasteiger partial charge in [-0.1, -0.05) is 43.3 Å². The van der Waals surface area contributed by atoms with Gasteiger partial charge in [0.25, 0.3) is 0 Å². The molecule has 38 heavy (non-hydrogen) atoms. The second-order valence-corrected chi connectivity index (χ2v) is 9.64. The van der Waals surface area contributed by atoms with E-state index >= 15 is 4.39 Å². The Morgan fingerprint density at radius 3 is 2.66 bits per heavy atom. The van der Waals surface area contributed by atoms with E-state index < -0.39 is 29.3 Å². The van der Waals surface area contributed by atoms with Gasteiger partial charge in [-0.3, -0.25) is 9.59 Å². The molecule has 1 aliphatic heterocycles. The van der Waals surface area contributed by atoms with Crippen LogP contribution in [-0.2, 0) is 21.6 Å². The summed E-state index contributed by atoms with van der Waals surface area (Å²) >= 11 is 0. The number of carbonyl (C=O) groups excluding carboxylic acids is 2. The van der Waals surface area contributed by atoms with Gasteiger partial charge in [0.1, 0.15) is 5.82 Å². The fraction of sp³-hybridized carbons (Fsp3) is 0.464. The molecule has 0 aromatic heterocycles. The minimum absolute atomic E-state index is 0.119. The standard InChI is InChI=1S/C28H37FN4O5/c1-2-19-7-3-8-20(15-19)26-22(10-4-11-23(26)29)28(38,12-6-13-31-27(36)37)21-9-5-14-33(18-21)25(35)17-32-24(34)16-30/h3-4,7-8,10-11,15,21,31,38H,2,5-6,9,12-14,16-18,30H2,1H3,(H,32,34)(H,36,37). The third-order valence-electron chi connectivity index (χ3n) is 7.19. The van der Waals surface area contributed by atoms with Gasteiger partial charge in [0.05, 0.1) is 18.7 Å². The Morgan fingerprint density at radius 1 is 1.18 bits per heavy atom. The molecule has 3 rings (SSSR count). The highest BCUT2D eigenvalue weighted by molar-refractivity contribution is 5.85. The number of nitrogens with two attached hydrogens (primary N) is 1. The smallest absolute Gasteiger partial charge is 0.404 e. The molecule has 0 spiro atoms. The van der Waals surface area contributed by atoms with E-state index in [4.69, 9.17) is 10.8 Å². The molecule has 1 aliphatic rings. The number of rotatable bonds is 11. The van der Waals surface area contributed by atoms with E-state index in [1.165, 1.54) is 6.07 Å². The minimum Gasteiger partial charge on any atom is -0.465 e. The Labute approximate surface area is 222 Å². The molecular formula is C28H37FN4O5. The average molecular weight is 529 g/mol. The van der Waals surface area contributed by atoms with Crippen molar-refractivity contribution in [1.29, 1.82) is 0 Å². The number of aryl methyl sites for hydroxylation is 1. The van der Waals surface area contributed by atoms with Crippen LogP contribution >= 0.6 is 0 Å². The van der Waals surface area contributed by atoms with Crippen LogP contribution in [0.2, 0.25) is 0 Å². The van der Waals surface area contributed by atoms with Crippen molar-refractivity contribution in [1.82, 2.24) is 15.5 Å². The highest BCUT2D eigenvalue weighted by atomic mass is 19.1. The van der Waals surface area contributed by atoms with Crippen LogP contribution < -0.4 is 16.4 Å². The summed E-state index contributed by atoms with van der Waals surface area (Å²) in [6.45, 7) is 2.40. The van der Waals surface area contributed by atoms with Crippen LogP contribution in [0.3, 0.4) is 0 Å². The molecule has 0 bridgehead atoms. The largest absolute Gasteiger partial charge is 0.465 e. The molecule has 10 heteroatoms. The normalized spacial score (nSPS) is 16.9. The van der Waals surface area contributed by atoms with Gasteiger partial charge in [-0.05, 0) is 54.9 Å². The zero-order valence-electron chi connectivity index (χ0n) is 21.7. The van der Waals surface area contributed by atoms with Crippen LogP contribution in [0.1, 0.15) is 43.7 Å². The van der Waals surface area contributed by atoms with Gasteiger partial charge >= 0.3 is 6.09 Å². The lowest BCUT2D eigenvalue weighted by molar-refractivity contribution is -0.137. The van der Waals surface area contributed by atoms with Gasteiger partial charge in [-0.25, -0.2) is 9.18 Å². The predicted molar refractivity (Wildman–Crippen MR) is 142 cm³/mol. The van der Waals surface area contributed by atoms with Crippen LogP contribution in [0.25, 0.3) is 11.1 Å². The van der Waals surface area contributed by atoms with E-state index in [0.717, 1.165) is 12.0 Å². The highest BCUT2D eigenvalue weighted by Gasteiger charge is 2.43. The summed E-state index contributed by atoms with van der Waals surface area (Å²) in [5.41, 5.74) is 6.15. The van der Waals surface area contributed by atoms with Crippen LogP contribution in [0.15, 0.2) is 42.5 Å². The summed E-state index contributed by atoms with van der Waals surface area (Å²) in [7, 11) is 0. The zero-order chi connectivity index (χ0) is 27.7. The topological polar surface area (TPSA) is 145 Å². The lowest BCUT2D eigenvalue weighted by atomic mass is 9.72. The summed E-state index contributed by atoms with van der Waals surface area (Å²) in [6, 6.07) is 12.2. The fourth-order valence-electron chi connectivity index (χ4n) is 5.19. The summed E-state index contributed by atoms with van der Waals surface area (Å²) in [5, 5.41) is 26.1. The van der Waals surface area contributed by atoms with Gasteiger partial charge in [-0.2, -0.15) is 0 Å². The molecule has 0 radical (unpaired) electrons. The fourth-order valence-corrected chi connectivity index (χ4v) is 5.19. The van der Waals surface area contributed by atoms with Crippen molar-refractivity contribution in [3.8, 4) is 11.1 Å². The summed E-state index contributed by atoms with van der Waals surface area (Å²) in [5.74, 6) is -1.63. The molecule has 206 valence electrons. The highest BCUT2D eigenvalue weighted by Crippen LogP contribution is 2.44. The minimum atomic E-state index is -1.54. The molecule has 0 aliphatic carbocycles. The van der Waals surface area contributed by atoms with Crippen LogP contribution in [0.4, 0.5) is 9.18 Å². The van der Waals surface area contributed by atoms with Crippen molar-refractivity contribution >= 4 is 17.9 Å². The van der Waals surface area contributed by atoms with Crippen molar-refractivity contribution in [2.24, 2.45) is 11.7 Å². The Kier molecular flexibility index (Phi) is 10.2. The molecule has 0 saturated carbocycles.